The molecule has 40 heavy (non-hydrogen) atoms. The van der Waals surface area contributed by atoms with Gasteiger partial charge in [-0.1, -0.05) is 103 Å². The lowest BCUT2D eigenvalue weighted by atomic mass is 9.95. The van der Waals surface area contributed by atoms with Crippen molar-refractivity contribution in [1.82, 2.24) is 4.90 Å². The molecule has 0 radical (unpaired) electrons. The number of nitrogens with zero attached hydrogens (tertiary/aromatic N) is 1. The maximum absolute atomic E-state index is 13.7. The largest absolute Gasteiger partial charge is 0.507 e. The zero-order valence-corrected chi connectivity index (χ0v) is 24.3. The molecule has 0 aromatic heterocycles. The smallest absolute Gasteiger partial charge is 0.295 e. The van der Waals surface area contributed by atoms with Crippen molar-refractivity contribution in [2.75, 3.05) is 13.7 Å². The van der Waals surface area contributed by atoms with E-state index in [-0.39, 0.29) is 11.3 Å². The van der Waals surface area contributed by atoms with Crippen LogP contribution in [0.4, 0.5) is 4.39 Å². The van der Waals surface area contributed by atoms with Crippen LogP contribution in [-0.4, -0.2) is 35.4 Å². The number of methoxy groups -OCH3 is 1. The Bertz CT molecular complexity index is 1090. The van der Waals surface area contributed by atoms with Gasteiger partial charge in [-0.2, -0.15) is 0 Å². The predicted molar refractivity (Wildman–Crippen MR) is 159 cm³/mol. The molecule has 2 aromatic rings. The highest BCUT2D eigenvalue weighted by atomic mass is 19.1. The van der Waals surface area contributed by atoms with E-state index in [1.54, 1.807) is 43.5 Å². The fourth-order valence-electron chi connectivity index (χ4n) is 5.48. The molecule has 0 spiro atoms. The topological polar surface area (TPSA) is 66.8 Å². The SMILES string of the molecule is CCCCCCCCCCCCCCCCN1C(=O)C(=O)/C(=C(\O)c2ccc(OC)cc2)C1c1ccc(F)cc1. The maximum atomic E-state index is 13.7. The average molecular weight is 552 g/mol. The Balaban J connectivity index is 1.54. The number of halogens is 1. The third-order valence-corrected chi connectivity index (χ3v) is 7.84. The monoisotopic (exact) mass is 551 g/mol. The summed E-state index contributed by atoms with van der Waals surface area (Å²) < 4.78 is 18.9. The fourth-order valence-corrected chi connectivity index (χ4v) is 5.48. The maximum Gasteiger partial charge on any atom is 0.295 e. The molecule has 1 amide bonds. The van der Waals surface area contributed by atoms with E-state index in [0.717, 1.165) is 19.3 Å². The standard InChI is InChI=1S/C34H46FNO4/c1-3-4-5-6-7-8-9-10-11-12-13-14-15-16-25-36-31(26-17-21-28(35)22-18-26)30(33(38)34(36)39)32(37)27-19-23-29(40-2)24-20-27/h17-24,31,37H,3-16,25H2,1-2H3/b32-30-. The number of carbonyl (C=O) groups is 2. The number of aliphatic hydroxyl groups is 1. The molecule has 0 bridgehead atoms. The summed E-state index contributed by atoms with van der Waals surface area (Å²) in [5.41, 5.74) is 1.05. The number of ketones is 1. The van der Waals surface area contributed by atoms with Crippen molar-refractivity contribution in [2.45, 2.75) is 103 Å². The molecular formula is C34H46FNO4. The summed E-state index contributed by atoms with van der Waals surface area (Å²) in [5.74, 6) is -1.36. The molecule has 1 fully saturated rings. The first-order valence-electron chi connectivity index (χ1n) is 15.2. The lowest BCUT2D eigenvalue weighted by Gasteiger charge is -2.25. The average Bonchev–Trinajstić information content (AvgIpc) is 3.22. The Kier molecular flexibility index (Phi) is 13.2. The van der Waals surface area contributed by atoms with Gasteiger partial charge >= 0.3 is 0 Å². The number of ether oxygens (including phenoxy) is 1. The molecular weight excluding hydrogens is 505 g/mol. The van der Waals surface area contributed by atoms with Gasteiger partial charge in [0.25, 0.3) is 11.7 Å². The van der Waals surface area contributed by atoms with Crippen LogP contribution in [-0.2, 0) is 9.59 Å². The Morgan fingerprint density at radius 2 is 1.27 bits per heavy atom. The number of hydrogen-bond acceptors (Lipinski definition) is 4. The third-order valence-electron chi connectivity index (χ3n) is 7.84. The number of rotatable bonds is 18. The first-order valence-corrected chi connectivity index (χ1v) is 15.2. The number of hydrogen-bond donors (Lipinski definition) is 1. The summed E-state index contributed by atoms with van der Waals surface area (Å²) in [4.78, 5) is 27.8. The van der Waals surface area contributed by atoms with Gasteiger partial charge in [0.1, 0.15) is 17.3 Å². The summed E-state index contributed by atoms with van der Waals surface area (Å²) in [6, 6.07) is 11.7. The lowest BCUT2D eigenvalue weighted by molar-refractivity contribution is -0.139. The van der Waals surface area contributed by atoms with Crippen LogP contribution < -0.4 is 4.74 Å². The van der Waals surface area contributed by atoms with Crippen LogP contribution >= 0.6 is 0 Å². The van der Waals surface area contributed by atoms with Gasteiger partial charge < -0.3 is 14.7 Å². The first-order chi connectivity index (χ1) is 19.5. The van der Waals surface area contributed by atoms with Crippen molar-refractivity contribution in [3.8, 4) is 5.75 Å². The number of likely N-dealkylation sites (tertiary alicyclic amines) is 1. The molecule has 1 aliphatic rings. The van der Waals surface area contributed by atoms with Crippen molar-refractivity contribution in [3.63, 3.8) is 0 Å². The van der Waals surface area contributed by atoms with Gasteiger partial charge in [-0.05, 0) is 48.4 Å². The molecule has 3 rings (SSSR count). The Labute approximate surface area is 239 Å². The number of amides is 1. The highest BCUT2D eigenvalue weighted by Crippen LogP contribution is 2.39. The van der Waals surface area contributed by atoms with Gasteiger partial charge in [0.2, 0.25) is 0 Å². The minimum atomic E-state index is -0.760. The van der Waals surface area contributed by atoms with E-state index < -0.39 is 23.5 Å². The van der Waals surface area contributed by atoms with E-state index in [1.807, 2.05) is 0 Å². The molecule has 0 aliphatic carbocycles. The molecule has 1 heterocycles. The van der Waals surface area contributed by atoms with Crippen molar-refractivity contribution < 1.29 is 23.8 Å². The van der Waals surface area contributed by atoms with E-state index in [9.17, 15) is 19.1 Å². The second-order valence-corrected chi connectivity index (χ2v) is 10.9. The molecule has 1 N–H and O–H groups in total. The van der Waals surface area contributed by atoms with Gasteiger partial charge in [-0.15, -0.1) is 0 Å². The van der Waals surface area contributed by atoms with Gasteiger partial charge in [0, 0.05) is 12.1 Å². The quantitative estimate of drug-likeness (QED) is 0.0870. The number of carbonyl (C=O) groups excluding carboxylic acids is 2. The fraction of sp³-hybridized carbons (Fsp3) is 0.529. The van der Waals surface area contributed by atoms with Crippen molar-refractivity contribution in [2.24, 2.45) is 0 Å². The Hall–Kier alpha value is -3.15. The van der Waals surface area contributed by atoms with Crippen molar-refractivity contribution in [1.29, 1.82) is 0 Å². The van der Waals surface area contributed by atoms with Gasteiger partial charge in [-0.25, -0.2) is 4.39 Å². The number of aliphatic hydroxyl groups excluding tert-OH is 1. The van der Waals surface area contributed by atoms with E-state index in [2.05, 4.69) is 6.92 Å². The van der Waals surface area contributed by atoms with Crippen LogP contribution in [0.2, 0.25) is 0 Å². The number of Topliss-reactive ketones (excluding diaryl/α,β-unsaturated/α-hetero) is 1. The minimum absolute atomic E-state index is 0.0344. The Morgan fingerprint density at radius 3 is 1.77 bits per heavy atom. The molecule has 2 aromatic carbocycles. The van der Waals surface area contributed by atoms with Crippen LogP contribution in [0.3, 0.4) is 0 Å². The zero-order valence-electron chi connectivity index (χ0n) is 24.3. The molecule has 1 unspecified atom stereocenters. The summed E-state index contributed by atoms with van der Waals surface area (Å²) >= 11 is 0. The van der Waals surface area contributed by atoms with Crippen LogP contribution in [0.1, 0.15) is 114 Å². The summed E-state index contributed by atoms with van der Waals surface area (Å²) in [5, 5.41) is 11.1. The van der Waals surface area contributed by atoms with E-state index in [1.165, 1.54) is 87.7 Å². The van der Waals surface area contributed by atoms with Crippen molar-refractivity contribution >= 4 is 17.4 Å². The normalized spacial score (nSPS) is 16.6. The van der Waals surface area contributed by atoms with E-state index in [4.69, 9.17) is 4.74 Å². The van der Waals surface area contributed by atoms with Crippen LogP contribution in [0.5, 0.6) is 5.75 Å². The number of benzene rings is 2. The predicted octanol–water partition coefficient (Wildman–Crippen LogP) is 8.74. The molecule has 5 nitrogen and oxygen atoms in total. The Morgan fingerprint density at radius 1 is 0.775 bits per heavy atom. The third kappa shape index (κ3) is 8.94. The van der Waals surface area contributed by atoms with Crippen molar-refractivity contribution in [3.05, 3.63) is 71.0 Å². The van der Waals surface area contributed by atoms with Gasteiger partial charge in [0.05, 0.1) is 18.7 Å². The lowest BCUT2D eigenvalue weighted by Crippen LogP contribution is -2.30. The molecule has 1 atom stereocenters. The van der Waals surface area contributed by atoms with Crippen LogP contribution in [0, 0.1) is 5.82 Å². The molecule has 1 saturated heterocycles. The van der Waals surface area contributed by atoms with Gasteiger partial charge in [0.15, 0.2) is 0 Å². The highest BCUT2D eigenvalue weighted by Gasteiger charge is 2.45. The second-order valence-electron chi connectivity index (χ2n) is 10.9. The first kappa shape index (κ1) is 31.4. The molecule has 1 aliphatic heterocycles. The molecule has 6 heteroatoms. The summed E-state index contributed by atoms with van der Waals surface area (Å²) in [7, 11) is 1.55. The van der Waals surface area contributed by atoms with E-state index >= 15 is 0 Å². The van der Waals surface area contributed by atoms with Crippen LogP contribution in [0.15, 0.2) is 54.1 Å². The highest BCUT2D eigenvalue weighted by molar-refractivity contribution is 6.46. The number of unbranched alkanes of at least 4 members (excludes halogenated alkanes) is 13. The minimum Gasteiger partial charge on any atom is -0.507 e. The zero-order chi connectivity index (χ0) is 28.7. The second kappa shape index (κ2) is 16.8. The molecule has 0 saturated carbocycles. The summed E-state index contributed by atoms with van der Waals surface area (Å²) in [6.07, 6.45) is 17.3. The van der Waals surface area contributed by atoms with Gasteiger partial charge in [-0.3, -0.25) is 9.59 Å². The molecule has 218 valence electrons. The van der Waals surface area contributed by atoms with E-state index in [0.29, 0.717) is 23.4 Å². The summed E-state index contributed by atoms with van der Waals surface area (Å²) in [6.45, 7) is 2.66. The van der Waals surface area contributed by atoms with Crippen LogP contribution in [0.25, 0.3) is 5.76 Å².